The van der Waals surface area contributed by atoms with Gasteiger partial charge in [0.05, 0.1) is 0 Å². The van der Waals surface area contributed by atoms with Crippen molar-refractivity contribution in [2.75, 3.05) is 0 Å². The molecule has 42 valence electrons. The van der Waals surface area contributed by atoms with Crippen LogP contribution in [0.2, 0.25) is 0 Å². The third kappa shape index (κ3) is 17400. The van der Waals surface area contributed by atoms with E-state index in [1.807, 2.05) is 0 Å². The van der Waals surface area contributed by atoms with E-state index in [1.54, 1.807) is 0 Å². The molecule has 0 atom stereocenters. The molecule has 7 nitrogen and oxygen atoms in total. The molecule has 0 saturated heterocycles. The first-order valence-electron chi connectivity index (χ1n) is 0.948. The van der Waals surface area contributed by atoms with Crippen molar-refractivity contribution in [3.8, 4) is 0 Å². The van der Waals surface area contributed by atoms with Crippen LogP contribution in [-0.2, 0) is 0 Å². The second-order valence-electron chi connectivity index (χ2n) is 0.319. The number of hydrogen-bond donors (Lipinski definition) is 2. The van der Waals surface area contributed by atoms with E-state index in [-0.39, 0.29) is 46.9 Å². The predicted octanol–water partition coefficient (Wildman–Crippen LogP) is -3.58. The summed E-state index contributed by atoms with van der Waals surface area (Å²) in [6.07, 6.45) is 0. The van der Waals surface area contributed by atoms with Gasteiger partial charge >= 0.3 is 46.9 Å². The van der Waals surface area contributed by atoms with Gasteiger partial charge in [0.1, 0.15) is 0 Å². The molecule has 0 aliphatic heterocycles. The van der Waals surface area contributed by atoms with Crippen molar-refractivity contribution in [2.24, 2.45) is 5.34 Å². The van der Waals surface area contributed by atoms with Crippen molar-refractivity contribution >= 4 is 17.4 Å². The minimum atomic E-state index is -1.50. The van der Waals surface area contributed by atoms with Gasteiger partial charge in [0.15, 0.2) is 5.34 Å². The third-order valence-corrected chi connectivity index (χ3v) is 0. The molecule has 0 aliphatic carbocycles. The molecular formula is H2AlN2NaO5+4. The molecule has 9 heteroatoms. The second-order valence-corrected chi connectivity index (χ2v) is 0.319. The Labute approximate surface area is 82.5 Å². The molecule has 2 N–H and O–H groups in total. The van der Waals surface area contributed by atoms with Gasteiger partial charge < -0.3 is 10.4 Å². The summed E-state index contributed by atoms with van der Waals surface area (Å²) < 4.78 is 0. The quantitative estimate of drug-likeness (QED) is 0.164. The summed E-state index contributed by atoms with van der Waals surface area (Å²) in [5.74, 6) is 0. The van der Waals surface area contributed by atoms with Crippen molar-refractivity contribution in [2.45, 2.75) is 0 Å². The summed E-state index contributed by atoms with van der Waals surface area (Å²) >= 11 is 0. The Hall–Kier alpha value is 0.132. The molecular weight excluding hydrogens is 158 g/mol. The summed E-state index contributed by atoms with van der Waals surface area (Å²) in [5, 5.41) is 21.5. The van der Waals surface area contributed by atoms with Gasteiger partial charge in [-0.25, -0.2) is 0 Å². The Kier molecular flexibility index (Phi) is 61.7. The van der Waals surface area contributed by atoms with Crippen LogP contribution >= 0.6 is 0 Å². The first-order valence-corrected chi connectivity index (χ1v) is 0.948. The van der Waals surface area contributed by atoms with E-state index < -0.39 is 5.09 Å². The first kappa shape index (κ1) is 22.9. The molecule has 0 heterocycles. The maximum Gasteiger partial charge on any atom is 3.00 e. The van der Waals surface area contributed by atoms with Gasteiger partial charge in [0.2, 0.25) is 0 Å². The Morgan fingerprint density at radius 1 is 1.56 bits per heavy atom. The summed E-state index contributed by atoms with van der Waals surface area (Å²) in [5.41, 5.74) is 0. The summed E-state index contributed by atoms with van der Waals surface area (Å²) in [4.78, 5) is 16.5. The van der Waals surface area contributed by atoms with Gasteiger partial charge in [-0.3, -0.25) is 0 Å². The SMILES string of the molecule is O=NO.O=[N+]([O-])O.[Al+3].[Na+]. The van der Waals surface area contributed by atoms with Crippen LogP contribution in [0.15, 0.2) is 5.34 Å². The van der Waals surface area contributed by atoms with Gasteiger partial charge in [-0.1, -0.05) is 0 Å². The third-order valence-electron chi connectivity index (χ3n) is 0. The molecule has 0 bridgehead atoms. The second kappa shape index (κ2) is 24.2. The fraction of sp³-hybridized carbons (Fsp3) is 0. The standard InChI is InChI=1S/Al.HNO3.HNO2.Na/c;2-1(3)4;2-1-3;/h;(H,2,3,4);(H,2,3);/q+3;;;+1. The Bertz CT molecular complexity index is 62.0. The number of hydrogen-bond acceptors (Lipinski definition) is 4. The molecule has 0 amide bonds. The zero-order chi connectivity index (χ0) is 6.28. The first-order chi connectivity index (χ1) is 3.15. The summed E-state index contributed by atoms with van der Waals surface area (Å²) in [6.45, 7) is 0. The van der Waals surface area contributed by atoms with Crippen molar-refractivity contribution < 1.29 is 45.1 Å². The molecule has 0 aromatic carbocycles. The minimum Gasteiger partial charge on any atom is -0.379 e. The van der Waals surface area contributed by atoms with Crippen molar-refractivity contribution in [1.82, 2.24) is 0 Å². The van der Waals surface area contributed by atoms with E-state index in [2.05, 4.69) is 0 Å². The zero-order valence-electron chi connectivity index (χ0n) is 4.59. The Morgan fingerprint density at radius 3 is 1.56 bits per heavy atom. The Balaban J connectivity index is -0.0000000233. The fourth-order valence-electron chi connectivity index (χ4n) is 0. The van der Waals surface area contributed by atoms with Crippen LogP contribution in [0.1, 0.15) is 0 Å². The maximum atomic E-state index is 8.36. The van der Waals surface area contributed by atoms with Crippen LogP contribution in [0.25, 0.3) is 0 Å². The number of nitrogens with zero attached hydrogens (tertiary/aromatic N) is 2. The van der Waals surface area contributed by atoms with Gasteiger partial charge in [0.25, 0.3) is 5.09 Å². The molecule has 0 unspecified atom stereocenters. The predicted molar refractivity (Wildman–Crippen MR) is 22.1 cm³/mol. The van der Waals surface area contributed by atoms with E-state index in [4.69, 9.17) is 25.4 Å². The van der Waals surface area contributed by atoms with Crippen LogP contribution in [0, 0.1) is 15.0 Å². The maximum absolute atomic E-state index is 8.36. The van der Waals surface area contributed by atoms with E-state index >= 15 is 0 Å². The molecule has 0 rings (SSSR count). The van der Waals surface area contributed by atoms with Crippen LogP contribution < -0.4 is 29.6 Å². The van der Waals surface area contributed by atoms with Gasteiger partial charge in [-0.15, -0.1) is 15.0 Å². The Morgan fingerprint density at radius 2 is 1.56 bits per heavy atom. The monoisotopic (exact) mass is 160 g/mol. The van der Waals surface area contributed by atoms with E-state index in [0.717, 1.165) is 0 Å². The fourth-order valence-corrected chi connectivity index (χ4v) is 0. The average Bonchev–Trinajstić information content (AvgIpc) is 1.33. The van der Waals surface area contributed by atoms with Crippen LogP contribution in [0.4, 0.5) is 0 Å². The normalized spacial score (nSPS) is 4.00. The topological polar surface area (TPSA) is 113 Å². The molecule has 0 aliphatic rings. The smallest absolute Gasteiger partial charge is 0.379 e. The van der Waals surface area contributed by atoms with Crippen molar-refractivity contribution in [3.05, 3.63) is 15.0 Å². The van der Waals surface area contributed by atoms with Crippen LogP contribution in [0.5, 0.6) is 0 Å². The number of rotatable bonds is 0. The van der Waals surface area contributed by atoms with Crippen molar-refractivity contribution in [1.29, 1.82) is 0 Å². The summed E-state index contributed by atoms with van der Waals surface area (Å²) in [6, 6.07) is 0. The van der Waals surface area contributed by atoms with Crippen LogP contribution in [0.3, 0.4) is 0 Å². The zero-order valence-corrected chi connectivity index (χ0v) is 7.75. The van der Waals surface area contributed by atoms with E-state index in [9.17, 15) is 0 Å². The van der Waals surface area contributed by atoms with E-state index in [0.29, 0.717) is 0 Å². The van der Waals surface area contributed by atoms with Crippen molar-refractivity contribution in [3.63, 3.8) is 0 Å². The minimum absolute atomic E-state index is 0. The molecule has 0 fully saturated rings. The van der Waals surface area contributed by atoms with Gasteiger partial charge in [-0.05, 0) is 0 Å². The van der Waals surface area contributed by atoms with E-state index in [1.165, 1.54) is 5.34 Å². The average molecular weight is 160 g/mol. The molecule has 0 saturated carbocycles. The summed E-state index contributed by atoms with van der Waals surface area (Å²) in [7, 11) is 0. The molecule has 0 aromatic rings. The molecule has 0 radical (unpaired) electrons. The molecule has 9 heavy (non-hydrogen) atoms. The van der Waals surface area contributed by atoms with Gasteiger partial charge in [-0.2, -0.15) is 0 Å². The van der Waals surface area contributed by atoms with Gasteiger partial charge in [0, 0.05) is 0 Å². The van der Waals surface area contributed by atoms with Crippen LogP contribution in [-0.4, -0.2) is 32.9 Å². The largest absolute Gasteiger partial charge is 3.00 e. The molecule has 0 spiro atoms. The molecule has 0 aromatic heterocycles.